The molecule has 2 heterocycles. The van der Waals surface area contributed by atoms with Crippen molar-refractivity contribution < 1.29 is 14.4 Å². The molecule has 0 bridgehead atoms. The van der Waals surface area contributed by atoms with E-state index in [9.17, 15) is 4.79 Å². The van der Waals surface area contributed by atoms with Crippen LogP contribution in [0.25, 0.3) is 16.3 Å². The molecule has 30 heavy (non-hydrogen) atoms. The van der Waals surface area contributed by atoms with Crippen molar-refractivity contribution in [2.45, 2.75) is 13.3 Å². The van der Waals surface area contributed by atoms with Crippen LogP contribution >= 0.6 is 11.3 Å². The number of anilines is 1. The molecule has 1 aromatic heterocycles. The van der Waals surface area contributed by atoms with Crippen molar-refractivity contribution in [3.05, 3.63) is 65.7 Å². The molecule has 1 saturated heterocycles. The van der Waals surface area contributed by atoms with E-state index in [2.05, 4.69) is 19.1 Å². The summed E-state index contributed by atoms with van der Waals surface area (Å²) >= 11 is 1.59. The maximum atomic E-state index is 13.1. The number of fused-ring (bicyclic) bond motifs is 1. The van der Waals surface area contributed by atoms with E-state index < -0.39 is 0 Å². The minimum atomic E-state index is -0.0208. The predicted octanol–water partition coefficient (Wildman–Crippen LogP) is 2.96. The summed E-state index contributed by atoms with van der Waals surface area (Å²) in [6.45, 7) is 7.52. The highest BCUT2D eigenvalue weighted by atomic mass is 32.1. The Bertz CT molecular complexity index is 1010. The number of hydrogen-bond donors (Lipinski definition) is 1. The van der Waals surface area contributed by atoms with Crippen LogP contribution in [0.1, 0.15) is 17.5 Å². The second-order valence-electron chi connectivity index (χ2n) is 7.62. The zero-order chi connectivity index (χ0) is 20.8. The Morgan fingerprint density at radius 1 is 1.17 bits per heavy atom. The first-order valence-corrected chi connectivity index (χ1v) is 11.3. The van der Waals surface area contributed by atoms with Gasteiger partial charge in [-0.15, -0.1) is 0 Å². The van der Waals surface area contributed by atoms with Gasteiger partial charge in [-0.25, -0.2) is 4.98 Å². The lowest BCUT2D eigenvalue weighted by Crippen LogP contribution is -3.14. The van der Waals surface area contributed by atoms with E-state index in [4.69, 9.17) is 9.72 Å². The van der Waals surface area contributed by atoms with E-state index in [-0.39, 0.29) is 5.91 Å². The Balaban J connectivity index is 1.52. The highest BCUT2D eigenvalue weighted by Crippen LogP contribution is 2.30. The second kappa shape index (κ2) is 9.98. The number of nitrogens with zero attached hydrogens (tertiary/aromatic N) is 2. The summed E-state index contributed by atoms with van der Waals surface area (Å²) in [7, 11) is 0. The van der Waals surface area contributed by atoms with Crippen LogP contribution in [0.5, 0.6) is 0 Å². The van der Waals surface area contributed by atoms with Crippen LogP contribution in [0.15, 0.2) is 54.6 Å². The van der Waals surface area contributed by atoms with Gasteiger partial charge in [0, 0.05) is 19.0 Å². The summed E-state index contributed by atoms with van der Waals surface area (Å²) in [5.74, 6) is -0.0208. The summed E-state index contributed by atoms with van der Waals surface area (Å²) < 4.78 is 6.57. The van der Waals surface area contributed by atoms with Crippen LogP contribution in [-0.4, -0.2) is 50.3 Å². The molecule has 0 aliphatic carbocycles. The first-order valence-electron chi connectivity index (χ1n) is 10.5. The second-order valence-corrected chi connectivity index (χ2v) is 8.63. The normalized spacial score (nSPS) is 15.1. The number of quaternary nitrogens is 1. The number of para-hydroxylation sites is 1. The molecular formula is C24H28N3O2S+. The molecule has 156 valence electrons. The fourth-order valence-corrected chi connectivity index (χ4v) is 4.78. The third-order valence-electron chi connectivity index (χ3n) is 5.44. The summed E-state index contributed by atoms with van der Waals surface area (Å²) in [6.07, 6.45) is 4.48. The summed E-state index contributed by atoms with van der Waals surface area (Å²) in [6, 6.07) is 16.1. The third-order valence-corrected chi connectivity index (χ3v) is 6.48. The Kier molecular flexibility index (Phi) is 6.89. The molecule has 6 heteroatoms. The van der Waals surface area contributed by atoms with Crippen molar-refractivity contribution >= 4 is 38.7 Å². The smallest absolute Gasteiger partial charge is 0.252 e. The number of hydrogen-bond acceptors (Lipinski definition) is 4. The van der Waals surface area contributed by atoms with Gasteiger partial charge in [0.25, 0.3) is 5.91 Å². The van der Waals surface area contributed by atoms with Crippen LogP contribution < -0.4 is 9.80 Å². The average Bonchev–Trinajstić information content (AvgIpc) is 3.22. The number of carbonyl (C=O) groups excluding carboxylic acids is 1. The molecule has 0 atom stereocenters. The van der Waals surface area contributed by atoms with E-state index in [1.807, 2.05) is 47.4 Å². The average molecular weight is 423 g/mol. The van der Waals surface area contributed by atoms with Gasteiger partial charge in [0.05, 0.1) is 30.0 Å². The van der Waals surface area contributed by atoms with Crippen LogP contribution in [-0.2, 0) is 9.53 Å². The highest BCUT2D eigenvalue weighted by Gasteiger charge is 2.20. The number of nitrogens with one attached hydrogen (secondary N) is 1. The minimum absolute atomic E-state index is 0.0208. The van der Waals surface area contributed by atoms with Gasteiger partial charge in [0.15, 0.2) is 5.13 Å². The maximum absolute atomic E-state index is 13.1. The Labute approximate surface area is 181 Å². The van der Waals surface area contributed by atoms with Gasteiger partial charge in [-0.2, -0.15) is 0 Å². The molecule has 2 aromatic carbocycles. The number of benzene rings is 2. The third kappa shape index (κ3) is 5.14. The molecule has 1 amide bonds. The Morgan fingerprint density at radius 3 is 2.73 bits per heavy atom. The number of carbonyl (C=O) groups is 1. The Morgan fingerprint density at radius 2 is 1.97 bits per heavy atom. The number of aromatic nitrogens is 1. The zero-order valence-corrected chi connectivity index (χ0v) is 18.2. The van der Waals surface area contributed by atoms with Crippen LogP contribution in [0, 0.1) is 6.92 Å². The first-order chi connectivity index (χ1) is 14.7. The minimum Gasteiger partial charge on any atom is -0.370 e. The lowest BCUT2D eigenvalue weighted by molar-refractivity contribution is -0.908. The standard InChI is InChI=1S/C24H27N3O2S/c1-19-7-5-10-21-23(19)25-24(30-21)27(14-6-13-26-15-17-29-18-16-26)22(28)12-11-20-8-3-2-4-9-20/h2-5,7-12H,6,13-18H2,1H3/p+1/b12-11+. The molecule has 1 fully saturated rings. The van der Waals surface area contributed by atoms with Crippen LogP contribution in [0.4, 0.5) is 5.13 Å². The molecule has 1 aliphatic rings. The fourth-order valence-electron chi connectivity index (χ4n) is 3.71. The van der Waals surface area contributed by atoms with Crippen molar-refractivity contribution in [1.29, 1.82) is 0 Å². The highest BCUT2D eigenvalue weighted by molar-refractivity contribution is 7.22. The molecule has 0 saturated carbocycles. The van der Waals surface area contributed by atoms with Crippen molar-refractivity contribution in [2.24, 2.45) is 0 Å². The molecule has 1 N–H and O–H groups in total. The molecule has 0 spiro atoms. The zero-order valence-electron chi connectivity index (χ0n) is 17.3. The number of thiazole rings is 1. The lowest BCUT2D eigenvalue weighted by atomic mass is 10.2. The number of morpholine rings is 1. The van der Waals surface area contributed by atoms with Gasteiger partial charge in [0.1, 0.15) is 13.1 Å². The molecule has 1 aliphatic heterocycles. The quantitative estimate of drug-likeness (QED) is 0.596. The van der Waals surface area contributed by atoms with Gasteiger partial charge in [-0.1, -0.05) is 53.8 Å². The number of rotatable bonds is 7. The van der Waals surface area contributed by atoms with Gasteiger partial charge >= 0.3 is 0 Å². The van der Waals surface area contributed by atoms with Crippen molar-refractivity contribution in [2.75, 3.05) is 44.3 Å². The number of amides is 1. The molecular weight excluding hydrogens is 394 g/mol. The van der Waals surface area contributed by atoms with E-state index in [0.29, 0.717) is 6.54 Å². The predicted molar refractivity (Wildman–Crippen MR) is 123 cm³/mol. The maximum Gasteiger partial charge on any atom is 0.252 e. The van der Waals surface area contributed by atoms with Gasteiger partial charge < -0.3 is 9.64 Å². The van der Waals surface area contributed by atoms with Gasteiger partial charge in [-0.05, 0) is 30.2 Å². The Hall–Kier alpha value is -2.54. The van der Waals surface area contributed by atoms with E-state index in [1.165, 1.54) is 0 Å². The SMILES string of the molecule is Cc1cccc2sc(N(CCC[NH+]3CCOCC3)C(=O)/C=C/c3ccccc3)nc12. The summed E-state index contributed by atoms with van der Waals surface area (Å²) in [4.78, 5) is 21.3. The molecule has 4 rings (SSSR count). The molecule has 5 nitrogen and oxygen atoms in total. The van der Waals surface area contributed by atoms with Crippen molar-refractivity contribution in [3.63, 3.8) is 0 Å². The van der Waals surface area contributed by atoms with E-state index >= 15 is 0 Å². The van der Waals surface area contributed by atoms with Crippen LogP contribution in [0.3, 0.4) is 0 Å². The topological polar surface area (TPSA) is 46.9 Å². The number of ether oxygens (including phenoxy) is 1. The fraction of sp³-hybridized carbons (Fsp3) is 0.333. The summed E-state index contributed by atoms with van der Waals surface area (Å²) in [5, 5.41) is 0.777. The largest absolute Gasteiger partial charge is 0.370 e. The number of aryl methyl sites for hydroxylation is 1. The molecule has 0 radical (unpaired) electrons. The van der Waals surface area contributed by atoms with Crippen molar-refractivity contribution in [3.8, 4) is 0 Å². The first kappa shape index (κ1) is 20.7. The van der Waals surface area contributed by atoms with Crippen molar-refractivity contribution in [1.82, 2.24) is 4.98 Å². The van der Waals surface area contributed by atoms with Gasteiger partial charge in [0.2, 0.25) is 0 Å². The monoisotopic (exact) mass is 422 g/mol. The molecule has 3 aromatic rings. The van der Waals surface area contributed by atoms with E-state index in [1.54, 1.807) is 22.3 Å². The van der Waals surface area contributed by atoms with Crippen LogP contribution in [0.2, 0.25) is 0 Å². The van der Waals surface area contributed by atoms with E-state index in [0.717, 1.165) is 65.7 Å². The molecule has 0 unspecified atom stereocenters. The summed E-state index contributed by atoms with van der Waals surface area (Å²) in [5.41, 5.74) is 3.14. The lowest BCUT2D eigenvalue weighted by Gasteiger charge is -2.25. The van der Waals surface area contributed by atoms with Gasteiger partial charge in [-0.3, -0.25) is 9.69 Å².